The van der Waals surface area contributed by atoms with Gasteiger partial charge in [-0.1, -0.05) is 0 Å². The van der Waals surface area contributed by atoms with Crippen LogP contribution in [0.1, 0.15) is 19.3 Å². The highest BCUT2D eigenvalue weighted by Crippen LogP contribution is 2.22. The average Bonchev–Trinajstić information content (AvgIpc) is 2.30. The van der Waals surface area contributed by atoms with Gasteiger partial charge in [0.05, 0.1) is 0 Å². The van der Waals surface area contributed by atoms with E-state index < -0.39 is 12.0 Å². The topological polar surface area (TPSA) is 66.3 Å². The lowest BCUT2D eigenvalue weighted by atomic mass is 10.0. The Morgan fingerprint density at radius 3 is 3.13 bits per heavy atom. The van der Waals surface area contributed by atoms with Gasteiger partial charge in [0.15, 0.2) is 6.33 Å². The average molecular weight is 206 g/mol. The molecule has 1 aliphatic rings. The molecule has 1 radical (unpaired) electrons. The van der Waals surface area contributed by atoms with Crippen molar-refractivity contribution in [3.05, 3.63) is 18.6 Å². The molecule has 0 aromatic carbocycles. The highest BCUT2D eigenvalue weighted by Gasteiger charge is 2.29. The van der Waals surface area contributed by atoms with E-state index in [1.807, 2.05) is 4.90 Å². The summed E-state index contributed by atoms with van der Waals surface area (Å²) in [4.78, 5) is 20.5. The lowest BCUT2D eigenvalue weighted by Crippen LogP contribution is -2.45. The van der Waals surface area contributed by atoms with Crippen molar-refractivity contribution in [3.8, 4) is 0 Å². The zero-order valence-corrected chi connectivity index (χ0v) is 8.26. The van der Waals surface area contributed by atoms with Gasteiger partial charge in [-0.2, -0.15) is 0 Å². The molecule has 1 atom stereocenters. The molecule has 2 rings (SSSR count). The predicted octanol–water partition coefficient (Wildman–Crippen LogP) is 0.720. The summed E-state index contributed by atoms with van der Waals surface area (Å²) in [6.07, 6.45) is 6.71. The molecule has 0 amide bonds. The lowest BCUT2D eigenvalue weighted by Gasteiger charge is -2.33. The molecule has 1 fully saturated rings. The summed E-state index contributed by atoms with van der Waals surface area (Å²) in [6.45, 7) is 0.738. The molecule has 1 aromatic heterocycles. The summed E-state index contributed by atoms with van der Waals surface area (Å²) in [6, 6.07) is 1.26. The van der Waals surface area contributed by atoms with Crippen LogP contribution in [0.25, 0.3) is 0 Å². The number of hydrogen-bond acceptors (Lipinski definition) is 4. The van der Waals surface area contributed by atoms with Gasteiger partial charge in [-0.15, -0.1) is 0 Å². The Hall–Kier alpha value is -1.65. The van der Waals surface area contributed by atoms with E-state index in [0.717, 1.165) is 19.4 Å². The SMILES string of the molecule is O=C(O)C1CCCCN1c1ccn[c]n1. The van der Waals surface area contributed by atoms with Gasteiger partial charge < -0.3 is 10.0 Å². The van der Waals surface area contributed by atoms with E-state index in [1.54, 1.807) is 12.3 Å². The highest BCUT2D eigenvalue weighted by molar-refractivity contribution is 5.77. The number of aromatic nitrogens is 2. The van der Waals surface area contributed by atoms with Gasteiger partial charge in [-0.3, -0.25) is 0 Å². The minimum Gasteiger partial charge on any atom is -0.480 e. The minimum absolute atomic E-state index is 0.456. The number of aliphatic carboxylic acids is 1. The van der Waals surface area contributed by atoms with E-state index in [1.165, 1.54) is 0 Å². The molecule has 79 valence electrons. The van der Waals surface area contributed by atoms with Crippen LogP contribution in [-0.4, -0.2) is 33.6 Å². The van der Waals surface area contributed by atoms with Gasteiger partial charge in [-0.25, -0.2) is 14.8 Å². The van der Waals surface area contributed by atoms with E-state index in [4.69, 9.17) is 5.11 Å². The van der Waals surface area contributed by atoms with E-state index in [9.17, 15) is 4.79 Å². The summed E-state index contributed by atoms with van der Waals surface area (Å²) in [5.41, 5.74) is 0. The molecule has 5 nitrogen and oxygen atoms in total. The number of nitrogens with zero attached hydrogens (tertiary/aromatic N) is 3. The molecule has 0 saturated carbocycles. The molecular weight excluding hydrogens is 194 g/mol. The molecular formula is C10H12N3O2. The Balaban J connectivity index is 2.22. The van der Waals surface area contributed by atoms with Crippen molar-refractivity contribution in [3.63, 3.8) is 0 Å². The molecule has 0 aliphatic carbocycles. The van der Waals surface area contributed by atoms with Crippen molar-refractivity contribution < 1.29 is 9.90 Å². The van der Waals surface area contributed by atoms with Crippen molar-refractivity contribution >= 4 is 11.8 Å². The van der Waals surface area contributed by atoms with E-state index in [2.05, 4.69) is 16.3 Å². The fourth-order valence-corrected chi connectivity index (χ4v) is 1.88. The van der Waals surface area contributed by atoms with Crippen LogP contribution >= 0.6 is 0 Å². The third-order valence-electron chi connectivity index (χ3n) is 2.60. The fourth-order valence-electron chi connectivity index (χ4n) is 1.88. The molecule has 0 spiro atoms. The number of carboxylic acid groups (broad SMARTS) is 1. The van der Waals surface area contributed by atoms with Crippen LogP contribution in [0.5, 0.6) is 0 Å². The van der Waals surface area contributed by atoms with Gasteiger partial charge >= 0.3 is 5.97 Å². The van der Waals surface area contributed by atoms with Crippen LogP contribution in [0.15, 0.2) is 12.3 Å². The zero-order valence-electron chi connectivity index (χ0n) is 8.26. The number of hydrogen-bond donors (Lipinski definition) is 1. The van der Waals surface area contributed by atoms with Crippen molar-refractivity contribution in [2.75, 3.05) is 11.4 Å². The summed E-state index contributed by atoms with van der Waals surface area (Å²) >= 11 is 0. The molecule has 1 saturated heterocycles. The summed E-state index contributed by atoms with van der Waals surface area (Å²) in [5.74, 6) is -0.134. The second-order valence-corrected chi connectivity index (χ2v) is 3.56. The molecule has 2 heterocycles. The predicted molar refractivity (Wildman–Crippen MR) is 53.5 cm³/mol. The van der Waals surface area contributed by atoms with Crippen LogP contribution in [-0.2, 0) is 4.79 Å². The maximum Gasteiger partial charge on any atom is 0.326 e. The van der Waals surface area contributed by atoms with Crippen molar-refractivity contribution in [2.45, 2.75) is 25.3 Å². The number of rotatable bonds is 2. The van der Waals surface area contributed by atoms with E-state index >= 15 is 0 Å². The zero-order chi connectivity index (χ0) is 10.7. The van der Waals surface area contributed by atoms with Crippen molar-refractivity contribution in [2.24, 2.45) is 0 Å². The number of carboxylic acids is 1. The summed E-state index contributed by atoms with van der Waals surface area (Å²) < 4.78 is 0. The van der Waals surface area contributed by atoms with E-state index in [-0.39, 0.29) is 0 Å². The molecule has 1 aliphatic heterocycles. The van der Waals surface area contributed by atoms with Gasteiger partial charge in [0.1, 0.15) is 11.9 Å². The fraction of sp³-hybridized carbons (Fsp3) is 0.500. The van der Waals surface area contributed by atoms with Gasteiger partial charge in [0.25, 0.3) is 0 Å². The van der Waals surface area contributed by atoms with Crippen LogP contribution in [0.3, 0.4) is 0 Å². The van der Waals surface area contributed by atoms with Crippen molar-refractivity contribution in [1.29, 1.82) is 0 Å². The summed E-state index contributed by atoms with van der Waals surface area (Å²) in [5, 5.41) is 9.07. The van der Waals surface area contributed by atoms with Gasteiger partial charge in [-0.05, 0) is 25.3 Å². The Morgan fingerprint density at radius 1 is 1.60 bits per heavy atom. The summed E-state index contributed by atoms with van der Waals surface area (Å²) in [7, 11) is 0. The Kier molecular flexibility index (Phi) is 2.80. The minimum atomic E-state index is -0.784. The number of piperidine rings is 1. The molecule has 0 bridgehead atoms. The van der Waals surface area contributed by atoms with Gasteiger partial charge in [0, 0.05) is 12.7 Å². The molecule has 1 N–H and O–H groups in total. The Labute approximate surface area is 87.8 Å². The van der Waals surface area contributed by atoms with Gasteiger partial charge in [0.2, 0.25) is 0 Å². The third-order valence-corrected chi connectivity index (χ3v) is 2.60. The van der Waals surface area contributed by atoms with Crippen LogP contribution in [0.2, 0.25) is 0 Å². The second-order valence-electron chi connectivity index (χ2n) is 3.56. The molecule has 15 heavy (non-hydrogen) atoms. The first-order chi connectivity index (χ1) is 7.29. The molecule has 1 aromatic rings. The normalized spacial score (nSPS) is 21.3. The van der Waals surface area contributed by atoms with Crippen molar-refractivity contribution in [1.82, 2.24) is 9.97 Å². The first-order valence-electron chi connectivity index (χ1n) is 4.97. The number of carbonyl (C=O) groups is 1. The quantitative estimate of drug-likeness (QED) is 0.772. The standard InChI is InChI=1S/C10H12N3O2/c14-10(15)8-3-1-2-6-13(8)9-4-5-11-7-12-9/h4-5,8H,1-3,6H2,(H,14,15). The first kappa shape index (κ1) is 9.89. The lowest BCUT2D eigenvalue weighted by molar-refractivity contribution is -0.139. The maximum absolute atomic E-state index is 11.0. The largest absolute Gasteiger partial charge is 0.480 e. The third kappa shape index (κ3) is 2.06. The molecule has 5 heteroatoms. The highest BCUT2D eigenvalue weighted by atomic mass is 16.4. The monoisotopic (exact) mass is 206 g/mol. The van der Waals surface area contributed by atoms with Crippen LogP contribution < -0.4 is 4.90 Å². The molecule has 1 unspecified atom stereocenters. The smallest absolute Gasteiger partial charge is 0.326 e. The first-order valence-corrected chi connectivity index (χ1v) is 4.97. The van der Waals surface area contributed by atoms with E-state index in [0.29, 0.717) is 12.2 Å². The maximum atomic E-state index is 11.0. The number of anilines is 1. The Bertz CT molecular complexity index is 342. The van der Waals surface area contributed by atoms with Crippen LogP contribution in [0, 0.1) is 6.33 Å². The van der Waals surface area contributed by atoms with Crippen LogP contribution in [0.4, 0.5) is 5.82 Å². The second kappa shape index (κ2) is 4.25. The Morgan fingerprint density at radius 2 is 2.47 bits per heavy atom.